The molecule has 7 heteroatoms. The van der Waals surface area contributed by atoms with Gasteiger partial charge in [0.05, 0.1) is 0 Å². The van der Waals surface area contributed by atoms with Crippen LogP contribution < -0.4 is 5.32 Å². The van der Waals surface area contributed by atoms with Crippen molar-refractivity contribution in [3.05, 3.63) is 78.0 Å². The number of halogens is 1. The Morgan fingerprint density at radius 1 is 1.16 bits per heavy atom. The lowest BCUT2D eigenvalue weighted by atomic mass is 9.82. The number of aromatic nitrogens is 3. The van der Waals surface area contributed by atoms with E-state index in [1.807, 2.05) is 37.0 Å². The average molecular weight is 530 g/mol. The minimum absolute atomic E-state index is 0. The molecule has 0 amide bonds. The van der Waals surface area contributed by atoms with Crippen LogP contribution in [0.4, 0.5) is 0 Å². The van der Waals surface area contributed by atoms with Crippen LogP contribution in [-0.4, -0.2) is 45.5 Å². The number of benzene rings is 1. The van der Waals surface area contributed by atoms with Crippen LogP contribution >= 0.6 is 24.0 Å². The number of guanidine groups is 1. The number of pyridine rings is 1. The Labute approximate surface area is 201 Å². The molecule has 0 spiro atoms. The fraction of sp³-hybridized carbons (Fsp3) is 0.375. The van der Waals surface area contributed by atoms with Crippen LogP contribution in [0.25, 0.3) is 5.82 Å². The van der Waals surface area contributed by atoms with Gasteiger partial charge in [-0.15, -0.1) is 24.0 Å². The van der Waals surface area contributed by atoms with E-state index in [1.54, 1.807) is 6.20 Å². The van der Waals surface area contributed by atoms with Crippen molar-refractivity contribution in [2.75, 3.05) is 20.1 Å². The predicted molar refractivity (Wildman–Crippen MR) is 136 cm³/mol. The molecule has 1 aliphatic heterocycles. The van der Waals surface area contributed by atoms with Gasteiger partial charge in [0.2, 0.25) is 0 Å². The maximum Gasteiger partial charge on any atom is 0.193 e. The molecule has 0 saturated carbocycles. The number of hydrogen-bond acceptors (Lipinski definition) is 3. The summed E-state index contributed by atoms with van der Waals surface area (Å²) in [6.07, 6.45) is 6.78. The number of hydrogen-bond donors (Lipinski definition) is 1. The summed E-state index contributed by atoms with van der Waals surface area (Å²) in [5.41, 5.74) is 2.58. The van der Waals surface area contributed by atoms with Crippen molar-refractivity contribution in [1.29, 1.82) is 0 Å². The molecule has 0 aliphatic carbocycles. The van der Waals surface area contributed by atoms with Crippen molar-refractivity contribution in [2.45, 2.75) is 32.7 Å². The number of rotatable bonds is 4. The SMILES string of the molecule is CN=C(NCc1ccc(-n2ccnc2C)nc1)N1CCC(c2ccccc2)C(C)C1.I. The smallest absolute Gasteiger partial charge is 0.193 e. The molecule has 2 aromatic heterocycles. The molecule has 1 fully saturated rings. The number of aryl methyl sites for hydroxylation is 1. The maximum absolute atomic E-state index is 4.58. The van der Waals surface area contributed by atoms with Crippen LogP contribution in [0, 0.1) is 12.8 Å². The number of imidazole rings is 1. The zero-order valence-corrected chi connectivity index (χ0v) is 20.7. The summed E-state index contributed by atoms with van der Waals surface area (Å²) in [6.45, 7) is 7.05. The Morgan fingerprint density at radius 2 is 1.97 bits per heavy atom. The molecule has 1 saturated heterocycles. The second kappa shape index (κ2) is 10.7. The Kier molecular flexibility index (Phi) is 8.06. The molecular weight excluding hydrogens is 499 g/mol. The van der Waals surface area contributed by atoms with Crippen LogP contribution in [0.5, 0.6) is 0 Å². The first-order valence-electron chi connectivity index (χ1n) is 10.6. The Balaban J connectivity index is 0.00000272. The van der Waals surface area contributed by atoms with Crippen LogP contribution in [0.1, 0.15) is 36.2 Å². The van der Waals surface area contributed by atoms with E-state index in [2.05, 4.69) is 68.5 Å². The van der Waals surface area contributed by atoms with Crippen molar-refractivity contribution in [1.82, 2.24) is 24.8 Å². The zero-order chi connectivity index (χ0) is 20.9. The monoisotopic (exact) mass is 530 g/mol. The largest absolute Gasteiger partial charge is 0.352 e. The van der Waals surface area contributed by atoms with E-state index in [9.17, 15) is 0 Å². The standard InChI is InChI=1S/C24H30N6.HI/c1-18-17-29(13-11-22(18)21-7-5-4-6-8-21)24(25-3)28-16-20-9-10-23(27-15-20)30-14-12-26-19(30)2;/h4-10,12,14-15,18,22H,11,13,16-17H2,1-3H3,(H,25,28);1H. The highest BCUT2D eigenvalue weighted by Crippen LogP contribution is 2.32. The normalized spacial score (nSPS) is 19.1. The maximum atomic E-state index is 4.58. The first-order chi connectivity index (χ1) is 14.7. The van der Waals surface area contributed by atoms with Crippen LogP contribution in [0.3, 0.4) is 0 Å². The third-order valence-electron chi connectivity index (χ3n) is 5.98. The van der Waals surface area contributed by atoms with Gasteiger partial charge < -0.3 is 10.2 Å². The molecule has 2 atom stereocenters. The van der Waals surface area contributed by atoms with E-state index in [1.165, 1.54) is 5.56 Å². The summed E-state index contributed by atoms with van der Waals surface area (Å²) in [6, 6.07) is 15.0. The van der Waals surface area contributed by atoms with Crippen molar-refractivity contribution in [3.8, 4) is 5.82 Å². The van der Waals surface area contributed by atoms with Gasteiger partial charge in [0, 0.05) is 45.3 Å². The van der Waals surface area contributed by atoms with Gasteiger partial charge in [-0.05, 0) is 42.4 Å². The van der Waals surface area contributed by atoms with Gasteiger partial charge in [0.15, 0.2) is 5.96 Å². The van der Waals surface area contributed by atoms with Gasteiger partial charge in [-0.3, -0.25) is 9.56 Å². The Bertz CT molecular complexity index is 983. The quantitative estimate of drug-likeness (QED) is 0.309. The van der Waals surface area contributed by atoms with Crippen LogP contribution in [0.15, 0.2) is 66.0 Å². The number of aliphatic imine (C=N–C) groups is 1. The summed E-state index contributed by atoms with van der Waals surface area (Å²) in [7, 11) is 1.86. The van der Waals surface area contributed by atoms with Crippen molar-refractivity contribution >= 4 is 29.9 Å². The fourth-order valence-electron chi connectivity index (χ4n) is 4.33. The third kappa shape index (κ3) is 5.44. The lowest BCUT2D eigenvalue weighted by Crippen LogP contribution is -2.47. The van der Waals surface area contributed by atoms with Gasteiger partial charge in [0.25, 0.3) is 0 Å². The molecule has 4 rings (SSSR count). The third-order valence-corrected chi connectivity index (χ3v) is 5.98. The first kappa shape index (κ1) is 23.2. The number of nitrogens with one attached hydrogen (secondary N) is 1. The Hall–Kier alpha value is -2.42. The lowest BCUT2D eigenvalue weighted by Gasteiger charge is -2.39. The molecule has 1 aliphatic rings. The summed E-state index contributed by atoms with van der Waals surface area (Å²) >= 11 is 0. The number of likely N-dealkylation sites (tertiary alicyclic amines) is 1. The van der Waals surface area contributed by atoms with Crippen molar-refractivity contribution < 1.29 is 0 Å². The summed E-state index contributed by atoms with van der Waals surface area (Å²) < 4.78 is 1.98. The molecule has 1 N–H and O–H groups in total. The summed E-state index contributed by atoms with van der Waals surface area (Å²) in [5, 5.41) is 3.51. The second-order valence-corrected chi connectivity index (χ2v) is 8.00. The molecule has 3 heterocycles. The van der Waals surface area contributed by atoms with E-state index in [0.717, 1.165) is 42.7 Å². The lowest BCUT2D eigenvalue weighted by molar-refractivity contribution is 0.234. The molecule has 31 heavy (non-hydrogen) atoms. The van der Waals surface area contributed by atoms with Crippen LogP contribution in [-0.2, 0) is 6.54 Å². The summed E-state index contributed by atoms with van der Waals surface area (Å²) in [4.78, 5) is 15.7. The second-order valence-electron chi connectivity index (χ2n) is 8.00. The molecule has 0 bridgehead atoms. The van der Waals surface area contributed by atoms with E-state index in [-0.39, 0.29) is 24.0 Å². The molecule has 6 nitrogen and oxygen atoms in total. The molecule has 164 valence electrons. The van der Waals surface area contributed by atoms with E-state index < -0.39 is 0 Å². The first-order valence-corrected chi connectivity index (χ1v) is 10.6. The van der Waals surface area contributed by atoms with Gasteiger partial charge in [-0.25, -0.2) is 9.97 Å². The zero-order valence-electron chi connectivity index (χ0n) is 18.4. The fourth-order valence-corrected chi connectivity index (χ4v) is 4.33. The van der Waals surface area contributed by atoms with E-state index in [0.29, 0.717) is 18.4 Å². The Morgan fingerprint density at radius 3 is 2.58 bits per heavy atom. The highest BCUT2D eigenvalue weighted by Gasteiger charge is 2.28. The van der Waals surface area contributed by atoms with Gasteiger partial charge in [0.1, 0.15) is 11.6 Å². The van der Waals surface area contributed by atoms with E-state index in [4.69, 9.17) is 0 Å². The van der Waals surface area contributed by atoms with Gasteiger partial charge in [-0.2, -0.15) is 0 Å². The van der Waals surface area contributed by atoms with Crippen molar-refractivity contribution in [3.63, 3.8) is 0 Å². The minimum atomic E-state index is 0. The topological polar surface area (TPSA) is 58.3 Å². The number of nitrogens with zero attached hydrogens (tertiary/aromatic N) is 5. The molecule has 0 radical (unpaired) electrons. The highest BCUT2D eigenvalue weighted by atomic mass is 127. The molecular formula is C24H31IN6. The van der Waals surface area contributed by atoms with Crippen molar-refractivity contribution in [2.24, 2.45) is 10.9 Å². The number of piperidine rings is 1. The minimum Gasteiger partial charge on any atom is -0.352 e. The summed E-state index contributed by atoms with van der Waals surface area (Å²) in [5.74, 6) is 3.97. The molecule has 3 aromatic rings. The van der Waals surface area contributed by atoms with Gasteiger partial charge >= 0.3 is 0 Å². The molecule has 2 unspecified atom stereocenters. The molecule has 1 aromatic carbocycles. The van der Waals surface area contributed by atoms with Gasteiger partial charge in [-0.1, -0.05) is 43.3 Å². The highest BCUT2D eigenvalue weighted by molar-refractivity contribution is 14.0. The van der Waals surface area contributed by atoms with Crippen LogP contribution in [0.2, 0.25) is 0 Å². The van der Waals surface area contributed by atoms with E-state index >= 15 is 0 Å². The average Bonchev–Trinajstić information content (AvgIpc) is 3.21. The predicted octanol–water partition coefficient (Wildman–Crippen LogP) is 4.39.